The number of hydrogen-bond donors (Lipinski definition) is 1. The zero-order valence-corrected chi connectivity index (χ0v) is 11.5. The second kappa shape index (κ2) is 7.32. The summed E-state index contributed by atoms with van der Waals surface area (Å²) in [4.78, 5) is 0. The van der Waals surface area contributed by atoms with Crippen molar-refractivity contribution in [3.05, 3.63) is 65.7 Å². The molecule has 0 aromatic heterocycles. The van der Waals surface area contributed by atoms with Gasteiger partial charge in [-0.25, -0.2) is 0 Å². The summed E-state index contributed by atoms with van der Waals surface area (Å²) >= 11 is 0. The van der Waals surface area contributed by atoms with Crippen molar-refractivity contribution in [2.75, 3.05) is 13.6 Å². The Morgan fingerprint density at radius 1 is 1.10 bits per heavy atom. The van der Waals surface area contributed by atoms with Gasteiger partial charge in [-0.3, -0.25) is 0 Å². The second-order valence-corrected chi connectivity index (χ2v) is 4.52. The van der Waals surface area contributed by atoms with E-state index in [2.05, 4.69) is 23.5 Å². The third-order valence-electron chi connectivity index (χ3n) is 3.10. The Morgan fingerprint density at radius 2 is 1.80 bits per heavy atom. The van der Waals surface area contributed by atoms with Crippen molar-refractivity contribution in [1.29, 1.82) is 5.26 Å². The van der Waals surface area contributed by atoms with Gasteiger partial charge in [0, 0.05) is 6.42 Å². The highest BCUT2D eigenvalue weighted by Gasteiger charge is 2.14. The lowest BCUT2D eigenvalue weighted by Gasteiger charge is -2.20. The van der Waals surface area contributed by atoms with E-state index in [4.69, 9.17) is 10.00 Å². The highest BCUT2D eigenvalue weighted by Crippen LogP contribution is 2.26. The first-order valence-corrected chi connectivity index (χ1v) is 6.70. The third-order valence-corrected chi connectivity index (χ3v) is 3.10. The van der Waals surface area contributed by atoms with Gasteiger partial charge >= 0.3 is 0 Å². The molecule has 2 aromatic carbocycles. The number of rotatable bonds is 6. The normalized spacial score (nSPS) is 11.6. The summed E-state index contributed by atoms with van der Waals surface area (Å²) in [6.45, 7) is 0.855. The fraction of sp³-hybridized carbons (Fsp3) is 0.235. The molecule has 0 heterocycles. The van der Waals surface area contributed by atoms with Gasteiger partial charge in [0.05, 0.1) is 5.56 Å². The van der Waals surface area contributed by atoms with Crippen LogP contribution in [0.4, 0.5) is 0 Å². The first-order valence-electron chi connectivity index (χ1n) is 6.70. The van der Waals surface area contributed by atoms with Gasteiger partial charge in [0.15, 0.2) is 0 Å². The molecular weight excluding hydrogens is 248 g/mol. The van der Waals surface area contributed by atoms with Crippen molar-refractivity contribution in [3.63, 3.8) is 0 Å². The van der Waals surface area contributed by atoms with Crippen LogP contribution in [0.1, 0.15) is 23.7 Å². The van der Waals surface area contributed by atoms with Crippen LogP contribution in [0, 0.1) is 11.3 Å². The summed E-state index contributed by atoms with van der Waals surface area (Å²) in [6.07, 6.45) is 0.790. The fourth-order valence-electron chi connectivity index (χ4n) is 2.05. The van der Waals surface area contributed by atoms with Crippen LogP contribution in [0.25, 0.3) is 0 Å². The monoisotopic (exact) mass is 266 g/mol. The van der Waals surface area contributed by atoms with Crippen LogP contribution in [0.3, 0.4) is 0 Å². The molecule has 0 aliphatic heterocycles. The maximum atomic E-state index is 9.14. The highest BCUT2D eigenvalue weighted by atomic mass is 16.5. The Bertz CT molecular complexity index is 575. The molecule has 1 N–H and O–H groups in total. The van der Waals surface area contributed by atoms with E-state index in [1.54, 1.807) is 6.07 Å². The van der Waals surface area contributed by atoms with E-state index in [1.165, 1.54) is 0 Å². The molecule has 2 rings (SSSR count). The van der Waals surface area contributed by atoms with Crippen LogP contribution < -0.4 is 10.1 Å². The number of nitriles is 1. The maximum absolute atomic E-state index is 9.14. The fourth-order valence-corrected chi connectivity index (χ4v) is 2.05. The predicted molar refractivity (Wildman–Crippen MR) is 79.5 cm³/mol. The molecule has 102 valence electrons. The topological polar surface area (TPSA) is 45.0 Å². The van der Waals surface area contributed by atoms with E-state index in [9.17, 15) is 0 Å². The predicted octanol–water partition coefficient (Wildman–Crippen LogP) is 3.29. The average molecular weight is 266 g/mol. The molecular formula is C17H18N2O. The van der Waals surface area contributed by atoms with Crippen LogP contribution in [-0.2, 0) is 0 Å². The van der Waals surface area contributed by atoms with Crippen molar-refractivity contribution >= 4 is 0 Å². The molecule has 0 fully saturated rings. The molecule has 1 unspecified atom stereocenters. The molecule has 0 saturated heterocycles. The summed E-state index contributed by atoms with van der Waals surface area (Å²) in [5.41, 5.74) is 1.69. The summed E-state index contributed by atoms with van der Waals surface area (Å²) in [6, 6.07) is 19.6. The minimum atomic E-state index is -0.0573. The van der Waals surface area contributed by atoms with Gasteiger partial charge in [-0.05, 0) is 31.3 Å². The van der Waals surface area contributed by atoms with Gasteiger partial charge in [0.25, 0.3) is 0 Å². The van der Waals surface area contributed by atoms with Gasteiger partial charge in [0.1, 0.15) is 17.9 Å². The van der Waals surface area contributed by atoms with E-state index in [0.29, 0.717) is 11.3 Å². The Morgan fingerprint density at radius 3 is 2.50 bits per heavy atom. The Kier molecular flexibility index (Phi) is 5.16. The molecule has 20 heavy (non-hydrogen) atoms. The van der Waals surface area contributed by atoms with E-state index >= 15 is 0 Å². The zero-order valence-electron chi connectivity index (χ0n) is 11.5. The standard InChI is InChI=1S/C17H18N2O/c1-19-12-11-17(14-7-3-2-4-8-14)20-16-10-6-5-9-15(16)13-18/h2-10,17,19H,11-12H2,1H3. The Labute approximate surface area is 119 Å². The number of nitrogens with one attached hydrogen (secondary N) is 1. The van der Waals surface area contributed by atoms with Gasteiger partial charge < -0.3 is 10.1 Å². The molecule has 0 spiro atoms. The third kappa shape index (κ3) is 3.59. The zero-order chi connectivity index (χ0) is 14.2. The second-order valence-electron chi connectivity index (χ2n) is 4.52. The van der Waals surface area contributed by atoms with E-state index in [-0.39, 0.29) is 6.10 Å². The van der Waals surface area contributed by atoms with Crippen molar-refractivity contribution < 1.29 is 4.74 Å². The summed E-state index contributed by atoms with van der Waals surface area (Å²) in [7, 11) is 1.92. The maximum Gasteiger partial charge on any atom is 0.137 e. The summed E-state index contributed by atoms with van der Waals surface area (Å²) in [5, 5.41) is 12.3. The van der Waals surface area contributed by atoms with Crippen molar-refractivity contribution in [2.45, 2.75) is 12.5 Å². The quantitative estimate of drug-likeness (QED) is 0.872. The highest BCUT2D eigenvalue weighted by molar-refractivity contribution is 5.43. The van der Waals surface area contributed by atoms with E-state index < -0.39 is 0 Å². The molecule has 0 radical (unpaired) electrons. The Balaban J connectivity index is 2.22. The Hall–Kier alpha value is -2.31. The van der Waals surface area contributed by atoms with Gasteiger partial charge in [-0.1, -0.05) is 42.5 Å². The molecule has 3 nitrogen and oxygen atoms in total. The lowest BCUT2D eigenvalue weighted by atomic mass is 10.1. The number of hydrogen-bond acceptors (Lipinski definition) is 3. The number of para-hydroxylation sites is 1. The van der Waals surface area contributed by atoms with E-state index in [1.807, 2.05) is 43.4 Å². The minimum absolute atomic E-state index is 0.0573. The molecule has 0 amide bonds. The van der Waals surface area contributed by atoms with Crippen molar-refractivity contribution in [1.82, 2.24) is 5.32 Å². The number of ether oxygens (including phenoxy) is 1. The SMILES string of the molecule is CNCCC(Oc1ccccc1C#N)c1ccccc1. The average Bonchev–Trinajstić information content (AvgIpc) is 2.52. The summed E-state index contributed by atoms with van der Waals surface area (Å²) in [5.74, 6) is 0.639. The molecule has 0 aliphatic carbocycles. The number of benzene rings is 2. The lowest BCUT2D eigenvalue weighted by Crippen LogP contribution is -2.16. The first kappa shape index (κ1) is 14.1. The van der Waals surface area contributed by atoms with Gasteiger partial charge in [0.2, 0.25) is 0 Å². The van der Waals surface area contributed by atoms with Crippen LogP contribution in [0.15, 0.2) is 54.6 Å². The van der Waals surface area contributed by atoms with Crippen LogP contribution in [0.5, 0.6) is 5.75 Å². The molecule has 2 aromatic rings. The van der Waals surface area contributed by atoms with Gasteiger partial charge in [-0.2, -0.15) is 5.26 Å². The lowest BCUT2D eigenvalue weighted by molar-refractivity contribution is 0.194. The molecule has 0 aliphatic rings. The largest absolute Gasteiger partial charge is 0.484 e. The molecule has 0 saturated carbocycles. The van der Waals surface area contributed by atoms with Crippen LogP contribution in [0.2, 0.25) is 0 Å². The molecule has 0 bridgehead atoms. The van der Waals surface area contributed by atoms with Crippen molar-refractivity contribution in [3.8, 4) is 11.8 Å². The van der Waals surface area contributed by atoms with Crippen LogP contribution in [-0.4, -0.2) is 13.6 Å². The van der Waals surface area contributed by atoms with E-state index in [0.717, 1.165) is 18.5 Å². The molecule has 1 atom stereocenters. The summed E-state index contributed by atoms with van der Waals surface area (Å²) < 4.78 is 6.06. The minimum Gasteiger partial charge on any atom is -0.484 e. The molecule has 3 heteroatoms. The van der Waals surface area contributed by atoms with Crippen LogP contribution >= 0.6 is 0 Å². The number of nitrogens with zero attached hydrogens (tertiary/aromatic N) is 1. The first-order chi connectivity index (χ1) is 9.85. The van der Waals surface area contributed by atoms with Crippen molar-refractivity contribution in [2.24, 2.45) is 0 Å². The smallest absolute Gasteiger partial charge is 0.137 e. The van der Waals surface area contributed by atoms with Gasteiger partial charge in [-0.15, -0.1) is 0 Å².